The number of hydrogen-bond donors (Lipinski definition) is 0. The number of carbonyl (C=O) groups is 1. The minimum atomic E-state index is -0.0312. The molecule has 0 unspecified atom stereocenters. The molecule has 1 amide bonds. The first-order valence-electron chi connectivity index (χ1n) is 2.82. The monoisotopic (exact) mass is 113 g/mol. The molecule has 0 atom stereocenters. The fourth-order valence-corrected chi connectivity index (χ4v) is 0.806. The van der Waals surface area contributed by atoms with E-state index in [0.29, 0.717) is 13.0 Å². The molecule has 1 rings (SSSR count). The zero-order valence-electron chi connectivity index (χ0n) is 4.68. The summed E-state index contributed by atoms with van der Waals surface area (Å²) in [6, 6.07) is 0. The Hall–Kier alpha value is -0.570. The SMILES string of the molecule is [NH]N1CCCCC1=O. The van der Waals surface area contributed by atoms with Gasteiger partial charge in [-0.25, -0.2) is 0 Å². The molecule has 1 aliphatic heterocycles. The normalized spacial score (nSPS) is 21.6. The Labute approximate surface area is 48.4 Å². The van der Waals surface area contributed by atoms with Gasteiger partial charge < -0.3 is 0 Å². The second-order valence-electron chi connectivity index (χ2n) is 2.00. The first kappa shape index (κ1) is 5.56. The van der Waals surface area contributed by atoms with Gasteiger partial charge in [0.25, 0.3) is 0 Å². The lowest BCUT2D eigenvalue weighted by Gasteiger charge is -2.19. The van der Waals surface area contributed by atoms with Gasteiger partial charge in [-0.15, -0.1) is 5.84 Å². The third kappa shape index (κ3) is 0.980. The molecule has 3 nitrogen and oxygen atoms in total. The Kier molecular flexibility index (Phi) is 1.48. The van der Waals surface area contributed by atoms with Gasteiger partial charge in [0.2, 0.25) is 5.91 Å². The van der Waals surface area contributed by atoms with Crippen LogP contribution in [0.15, 0.2) is 0 Å². The van der Waals surface area contributed by atoms with Crippen molar-refractivity contribution in [3.05, 3.63) is 0 Å². The van der Waals surface area contributed by atoms with Crippen LogP contribution in [0.5, 0.6) is 0 Å². The molecule has 0 aromatic rings. The summed E-state index contributed by atoms with van der Waals surface area (Å²) < 4.78 is 0. The summed E-state index contributed by atoms with van der Waals surface area (Å²) in [5, 5.41) is 1.05. The maximum Gasteiger partial charge on any atom is 0.237 e. The zero-order chi connectivity index (χ0) is 5.98. The summed E-state index contributed by atoms with van der Waals surface area (Å²) in [5.41, 5.74) is 0. The number of carbonyl (C=O) groups excluding carboxylic acids is 1. The second kappa shape index (κ2) is 2.13. The summed E-state index contributed by atoms with van der Waals surface area (Å²) in [4.78, 5) is 10.5. The molecule has 1 heterocycles. The Morgan fingerprint density at radius 1 is 1.50 bits per heavy atom. The highest BCUT2D eigenvalue weighted by Gasteiger charge is 2.13. The zero-order valence-corrected chi connectivity index (χ0v) is 4.68. The maximum absolute atomic E-state index is 10.5. The Morgan fingerprint density at radius 2 is 2.25 bits per heavy atom. The Bertz CT molecular complexity index is 103. The average molecular weight is 113 g/mol. The second-order valence-corrected chi connectivity index (χ2v) is 2.00. The highest BCUT2D eigenvalue weighted by molar-refractivity contribution is 5.75. The molecular formula is C5H9N2O. The first-order chi connectivity index (χ1) is 3.80. The van der Waals surface area contributed by atoms with Gasteiger partial charge in [0.1, 0.15) is 0 Å². The number of hydrogen-bond acceptors (Lipinski definition) is 1. The largest absolute Gasteiger partial charge is 0.273 e. The van der Waals surface area contributed by atoms with Gasteiger partial charge in [-0.3, -0.25) is 9.80 Å². The van der Waals surface area contributed by atoms with Gasteiger partial charge in [-0.2, -0.15) is 0 Å². The fraction of sp³-hybridized carbons (Fsp3) is 0.800. The van der Waals surface area contributed by atoms with Crippen LogP contribution in [0.1, 0.15) is 19.3 Å². The van der Waals surface area contributed by atoms with Crippen molar-refractivity contribution in [3.8, 4) is 0 Å². The molecule has 1 saturated heterocycles. The Morgan fingerprint density at radius 3 is 2.62 bits per heavy atom. The van der Waals surface area contributed by atoms with Crippen molar-refractivity contribution in [1.82, 2.24) is 10.9 Å². The van der Waals surface area contributed by atoms with Crippen LogP contribution in [0.2, 0.25) is 0 Å². The molecule has 0 bridgehead atoms. The van der Waals surface area contributed by atoms with Crippen molar-refractivity contribution in [2.24, 2.45) is 0 Å². The highest BCUT2D eigenvalue weighted by atomic mass is 16.2. The van der Waals surface area contributed by atoms with Gasteiger partial charge in [0.05, 0.1) is 0 Å². The molecule has 0 aromatic heterocycles. The first-order valence-corrected chi connectivity index (χ1v) is 2.82. The van der Waals surface area contributed by atoms with Crippen LogP contribution in [0.3, 0.4) is 0 Å². The summed E-state index contributed by atoms with van der Waals surface area (Å²) in [7, 11) is 0. The van der Waals surface area contributed by atoms with E-state index in [1.165, 1.54) is 0 Å². The van der Waals surface area contributed by atoms with Crippen LogP contribution in [-0.2, 0) is 4.79 Å². The number of nitrogens with one attached hydrogen (secondary N) is 1. The number of rotatable bonds is 0. The number of nitrogens with zero attached hydrogens (tertiary/aromatic N) is 1. The minimum Gasteiger partial charge on any atom is -0.273 e. The topological polar surface area (TPSA) is 44.1 Å². The molecule has 8 heavy (non-hydrogen) atoms. The third-order valence-corrected chi connectivity index (χ3v) is 1.32. The predicted octanol–water partition coefficient (Wildman–Crippen LogP) is 0.197. The van der Waals surface area contributed by atoms with Crippen molar-refractivity contribution in [2.75, 3.05) is 6.54 Å². The van der Waals surface area contributed by atoms with E-state index >= 15 is 0 Å². The van der Waals surface area contributed by atoms with E-state index in [-0.39, 0.29) is 5.91 Å². The lowest BCUT2D eigenvalue weighted by atomic mass is 10.1. The Balaban J connectivity index is 2.39. The lowest BCUT2D eigenvalue weighted by molar-refractivity contribution is -0.134. The predicted molar refractivity (Wildman–Crippen MR) is 28.7 cm³/mol. The van der Waals surface area contributed by atoms with Crippen LogP contribution in [0.25, 0.3) is 0 Å². The number of piperidine rings is 1. The molecule has 3 heteroatoms. The van der Waals surface area contributed by atoms with Gasteiger partial charge in [0.15, 0.2) is 0 Å². The van der Waals surface area contributed by atoms with Crippen LogP contribution >= 0.6 is 0 Å². The molecular weight excluding hydrogens is 104 g/mol. The van der Waals surface area contributed by atoms with Crippen molar-refractivity contribution in [3.63, 3.8) is 0 Å². The van der Waals surface area contributed by atoms with Gasteiger partial charge in [-0.05, 0) is 12.8 Å². The van der Waals surface area contributed by atoms with E-state index in [9.17, 15) is 4.79 Å². The fourth-order valence-electron chi connectivity index (χ4n) is 0.806. The molecule has 1 radical (unpaired) electrons. The maximum atomic E-state index is 10.5. The highest BCUT2D eigenvalue weighted by Crippen LogP contribution is 2.06. The van der Waals surface area contributed by atoms with Gasteiger partial charge in [-0.1, -0.05) is 0 Å². The standard InChI is InChI=1S/C5H9N2O/c6-7-4-2-1-3-5(7)8/h6H,1-4H2. The van der Waals surface area contributed by atoms with E-state index in [1.807, 2.05) is 0 Å². The summed E-state index contributed by atoms with van der Waals surface area (Å²) in [6.07, 6.45) is 2.53. The van der Waals surface area contributed by atoms with Crippen LogP contribution in [0, 0.1) is 0 Å². The molecule has 0 aromatic carbocycles. The molecule has 45 valence electrons. The molecule has 0 saturated carbocycles. The molecule has 1 N–H and O–H groups in total. The van der Waals surface area contributed by atoms with E-state index in [4.69, 9.17) is 5.84 Å². The minimum absolute atomic E-state index is 0.0312. The van der Waals surface area contributed by atoms with Crippen molar-refractivity contribution >= 4 is 5.91 Å². The van der Waals surface area contributed by atoms with Crippen molar-refractivity contribution in [1.29, 1.82) is 0 Å². The van der Waals surface area contributed by atoms with Crippen molar-refractivity contribution < 1.29 is 4.79 Å². The molecule has 1 fully saturated rings. The quantitative estimate of drug-likeness (QED) is 0.442. The molecule has 0 aliphatic carbocycles. The average Bonchev–Trinajstić information content (AvgIpc) is 1.77. The van der Waals surface area contributed by atoms with Crippen LogP contribution < -0.4 is 5.84 Å². The van der Waals surface area contributed by atoms with E-state index in [2.05, 4.69) is 0 Å². The molecule has 0 spiro atoms. The van der Waals surface area contributed by atoms with E-state index in [1.54, 1.807) is 0 Å². The number of amides is 1. The summed E-state index contributed by atoms with van der Waals surface area (Å²) in [5.74, 6) is 6.93. The van der Waals surface area contributed by atoms with Crippen LogP contribution in [-0.4, -0.2) is 17.5 Å². The van der Waals surface area contributed by atoms with Gasteiger partial charge >= 0.3 is 0 Å². The third-order valence-electron chi connectivity index (χ3n) is 1.32. The summed E-state index contributed by atoms with van der Waals surface area (Å²) in [6.45, 7) is 0.624. The molecule has 1 aliphatic rings. The smallest absolute Gasteiger partial charge is 0.237 e. The van der Waals surface area contributed by atoms with Gasteiger partial charge in [0, 0.05) is 13.0 Å². The van der Waals surface area contributed by atoms with E-state index in [0.717, 1.165) is 17.9 Å². The summed E-state index contributed by atoms with van der Waals surface area (Å²) >= 11 is 0. The van der Waals surface area contributed by atoms with Crippen LogP contribution in [0.4, 0.5) is 0 Å². The lowest BCUT2D eigenvalue weighted by Crippen LogP contribution is -2.33. The van der Waals surface area contributed by atoms with Crippen molar-refractivity contribution in [2.45, 2.75) is 19.3 Å². The van der Waals surface area contributed by atoms with E-state index < -0.39 is 0 Å².